The van der Waals surface area contributed by atoms with Crippen molar-refractivity contribution in [1.82, 2.24) is 4.98 Å². The third kappa shape index (κ3) is 2.85. The number of ether oxygens (including phenoxy) is 1. The summed E-state index contributed by atoms with van der Waals surface area (Å²) in [4.78, 5) is 4.49. The van der Waals surface area contributed by atoms with Crippen molar-refractivity contribution in [1.29, 1.82) is 0 Å². The first-order valence-corrected chi connectivity index (χ1v) is 6.69. The van der Waals surface area contributed by atoms with Crippen LogP contribution in [0.2, 0.25) is 0 Å². The molecule has 0 unspecified atom stereocenters. The first-order chi connectivity index (χ1) is 10.2. The summed E-state index contributed by atoms with van der Waals surface area (Å²) in [5.74, 6) is 0.661. The van der Waals surface area contributed by atoms with Gasteiger partial charge in [-0.3, -0.25) is 0 Å². The summed E-state index contributed by atoms with van der Waals surface area (Å²) in [7, 11) is 0. The molecule has 1 aromatic heterocycles. The van der Waals surface area contributed by atoms with E-state index in [1.165, 1.54) is 12.1 Å². The van der Waals surface area contributed by atoms with Crippen LogP contribution < -0.4 is 10.5 Å². The van der Waals surface area contributed by atoms with Crippen molar-refractivity contribution >= 4 is 10.9 Å². The molecule has 2 N–H and O–H groups in total. The summed E-state index contributed by atoms with van der Waals surface area (Å²) in [5.41, 5.74) is 7.91. The number of pyridine rings is 1. The van der Waals surface area contributed by atoms with Gasteiger partial charge in [-0.25, -0.2) is 9.37 Å². The monoisotopic (exact) mass is 282 g/mol. The average Bonchev–Trinajstić information content (AvgIpc) is 2.47. The molecule has 106 valence electrons. The Bertz CT molecular complexity index is 802. The Morgan fingerprint density at radius 1 is 1.14 bits per heavy atom. The largest absolute Gasteiger partial charge is 0.455 e. The lowest BCUT2D eigenvalue weighted by Gasteiger charge is -2.10. The van der Waals surface area contributed by atoms with Gasteiger partial charge in [0, 0.05) is 23.7 Å². The summed E-state index contributed by atoms with van der Waals surface area (Å²) in [6.07, 6.45) is 0. The summed E-state index contributed by atoms with van der Waals surface area (Å²) < 4.78 is 19.4. The fourth-order valence-electron chi connectivity index (χ4n) is 2.22. The average molecular weight is 282 g/mol. The number of hydrogen-bond donors (Lipinski definition) is 1. The van der Waals surface area contributed by atoms with E-state index in [2.05, 4.69) is 4.98 Å². The lowest BCUT2D eigenvalue weighted by Crippen LogP contribution is -1.98. The highest BCUT2D eigenvalue weighted by Crippen LogP contribution is 2.29. The second-order valence-corrected chi connectivity index (χ2v) is 4.88. The van der Waals surface area contributed by atoms with Gasteiger partial charge in [0.05, 0.1) is 0 Å². The molecule has 0 aliphatic rings. The maximum Gasteiger partial charge on any atom is 0.153 e. The van der Waals surface area contributed by atoms with E-state index in [9.17, 15) is 4.39 Å². The lowest BCUT2D eigenvalue weighted by molar-refractivity contribution is 0.480. The number of aromatic nitrogens is 1. The minimum Gasteiger partial charge on any atom is -0.455 e. The van der Waals surface area contributed by atoms with Crippen LogP contribution in [0.1, 0.15) is 11.3 Å². The van der Waals surface area contributed by atoms with Crippen LogP contribution >= 0.6 is 0 Å². The van der Waals surface area contributed by atoms with Crippen molar-refractivity contribution in [2.24, 2.45) is 5.73 Å². The molecule has 0 fully saturated rings. The van der Waals surface area contributed by atoms with Crippen LogP contribution in [-0.2, 0) is 6.54 Å². The normalized spacial score (nSPS) is 10.8. The van der Waals surface area contributed by atoms with Gasteiger partial charge in [0.1, 0.15) is 17.1 Å². The zero-order valence-electron chi connectivity index (χ0n) is 11.6. The molecule has 0 saturated heterocycles. The number of aryl methyl sites for hydroxylation is 1. The molecule has 0 spiro atoms. The van der Waals surface area contributed by atoms with Crippen LogP contribution in [0.5, 0.6) is 11.5 Å². The van der Waals surface area contributed by atoms with Crippen LogP contribution in [0.15, 0.2) is 48.5 Å². The number of benzene rings is 2. The topological polar surface area (TPSA) is 48.1 Å². The van der Waals surface area contributed by atoms with Crippen LogP contribution in [0, 0.1) is 12.7 Å². The van der Waals surface area contributed by atoms with Gasteiger partial charge in [0.15, 0.2) is 5.75 Å². The molecular formula is C17H15FN2O. The van der Waals surface area contributed by atoms with Gasteiger partial charge in [0.2, 0.25) is 0 Å². The summed E-state index contributed by atoms with van der Waals surface area (Å²) >= 11 is 0. The van der Waals surface area contributed by atoms with Crippen LogP contribution in [0.3, 0.4) is 0 Å². The summed E-state index contributed by atoms with van der Waals surface area (Å²) in [6.45, 7) is 2.19. The van der Waals surface area contributed by atoms with Gasteiger partial charge >= 0.3 is 0 Å². The number of nitrogens with zero attached hydrogens (tertiary/aromatic N) is 1. The van der Waals surface area contributed by atoms with Crippen molar-refractivity contribution in [2.75, 3.05) is 0 Å². The van der Waals surface area contributed by atoms with E-state index < -0.39 is 0 Å². The Balaban J connectivity index is 2.05. The third-order valence-corrected chi connectivity index (χ3v) is 3.22. The molecule has 21 heavy (non-hydrogen) atoms. The van der Waals surface area contributed by atoms with E-state index in [4.69, 9.17) is 10.5 Å². The molecule has 0 aliphatic carbocycles. The molecule has 3 nitrogen and oxygen atoms in total. The Kier molecular flexibility index (Phi) is 3.54. The van der Waals surface area contributed by atoms with E-state index in [-0.39, 0.29) is 12.4 Å². The standard InChI is InChI=1S/C17H15FN2O/c1-11-5-6-13-3-2-4-16(17(13)20-11)21-15-8-12(10-19)7-14(18)9-15/h2-9H,10,19H2,1H3. The molecule has 2 aromatic carbocycles. The number of hydrogen-bond acceptors (Lipinski definition) is 3. The number of halogens is 1. The molecule has 4 heteroatoms. The van der Waals surface area contributed by atoms with Crippen molar-refractivity contribution < 1.29 is 9.13 Å². The molecular weight excluding hydrogens is 267 g/mol. The molecule has 0 saturated carbocycles. The summed E-state index contributed by atoms with van der Waals surface area (Å²) in [6, 6.07) is 14.1. The fourth-order valence-corrected chi connectivity index (χ4v) is 2.22. The van der Waals surface area contributed by atoms with Gasteiger partial charge in [-0.05, 0) is 36.8 Å². The molecule has 0 atom stereocenters. The Morgan fingerprint density at radius 2 is 2.00 bits per heavy atom. The van der Waals surface area contributed by atoms with Crippen molar-refractivity contribution in [3.05, 3.63) is 65.6 Å². The second-order valence-electron chi connectivity index (χ2n) is 4.88. The summed E-state index contributed by atoms with van der Waals surface area (Å²) in [5, 5.41) is 0.980. The lowest BCUT2D eigenvalue weighted by atomic mass is 10.2. The first kappa shape index (κ1) is 13.5. The number of nitrogens with two attached hydrogens (primary N) is 1. The Morgan fingerprint density at radius 3 is 2.81 bits per heavy atom. The highest BCUT2D eigenvalue weighted by Gasteiger charge is 2.07. The van der Waals surface area contributed by atoms with Gasteiger partial charge in [-0.2, -0.15) is 0 Å². The van der Waals surface area contributed by atoms with E-state index >= 15 is 0 Å². The molecule has 0 aliphatic heterocycles. The number of fused-ring (bicyclic) bond motifs is 1. The predicted molar refractivity (Wildman–Crippen MR) is 80.8 cm³/mol. The minimum absolute atomic E-state index is 0.265. The predicted octanol–water partition coefficient (Wildman–Crippen LogP) is 3.93. The number of para-hydroxylation sites is 1. The highest BCUT2D eigenvalue weighted by molar-refractivity contribution is 5.84. The van der Waals surface area contributed by atoms with Gasteiger partial charge in [0.25, 0.3) is 0 Å². The van der Waals surface area contributed by atoms with Crippen molar-refractivity contribution in [3.63, 3.8) is 0 Å². The smallest absolute Gasteiger partial charge is 0.153 e. The second kappa shape index (κ2) is 5.50. The van der Waals surface area contributed by atoms with E-state index in [0.29, 0.717) is 17.1 Å². The first-order valence-electron chi connectivity index (χ1n) is 6.69. The molecule has 3 aromatic rings. The van der Waals surface area contributed by atoms with Crippen LogP contribution in [0.4, 0.5) is 4.39 Å². The molecule has 0 amide bonds. The van der Waals surface area contributed by atoms with Gasteiger partial charge < -0.3 is 10.5 Å². The van der Waals surface area contributed by atoms with Crippen LogP contribution in [-0.4, -0.2) is 4.98 Å². The Labute approximate surface area is 122 Å². The Hall–Kier alpha value is -2.46. The zero-order chi connectivity index (χ0) is 14.8. The maximum absolute atomic E-state index is 13.5. The highest BCUT2D eigenvalue weighted by atomic mass is 19.1. The molecule has 1 heterocycles. The van der Waals surface area contributed by atoms with Crippen LogP contribution in [0.25, 0.3) is 10.9 Å². The third-order valence-electron chi connectivity index (χ3n) is 3.22. The van der Waals surface area contributed by atoms with Crippen molar-refractivity contribution in [3.8, 4) is 11.5 Å². The zero-order valence-corrected chi connectivity index (χ0v) is 11.6. The quantitative estimate of drug-likeness (QED) is 0.791. The minimum atomic E-state index is -0.364. The molecule has 0 bridgehead atoms. The van der Waals surface area contributed by atoms with Crippen molar-refractivity contribution in [2.45, 2.75) is 13.5 Å². The van der Waals surface area contributed by atoms with E-state index in [1.807, 2.05) is 37.3 Å². The fraction of sp³-hybridized carbons (Fsp3) is 0.118. The molecule has 3 rings (SSSR count). The van der Waals surface area contributed by atoms with Gasteiger partial charge in [-0.15, -0.1) is 0 Å². The van der Waals surface area contributed by atoms with E-state index in [0.717, 1.165) is 16.6 Å². The SMILES string of the molecule is Cc1ccc2cccc(Oc3cc(F)cc(CN)c3)c2n1. The van der Waals surface area contributed by atoms with Gasteiger partial charge in [-0.1, -0.05) is 18.2 Å². The molecule has 0 radical (unpaired) electrons. The number of rotatable bonds is 3. The maximum atomic E-state index is 13.5. The van der Waals surface area contributed by atoms with E-state index in [1.54, 1.807) is 6.07 Å².